The minimum Gasteiger partial charge on any atom is -0.352 e. The average Bonchev–Trinajstić information content (AvgIpc) is 2.75. The van der Waals surface area contributed by atoms with Crippen molar-refractivity contribution < 1.29 is 4.79 Å². The Labute approximate surface area is 165 Å². The number of pyridine rings is 2. The lowest BCUT2D eigenvalue weighted by Gasteiger charge is -2.32. The SMILES string of the molecule is CN1CCCC[C@@H]1CCNC(=O)c1ccc(-c2cccc3ncccc23)nc1. The van der Waals surface area contributed by atoms with E-state index in [9.17, 15) is 4.79 Å². The minimum atomic E-state index is -0.0582. The molecule has 0 radical (unpaired) electrons. The molecule has 0 spiro atoms. The van der Waals surface area contributed by atoms with Crippen LogP contribution in [0.25, 0.3) is 22.2 Å². The van der Waals surface area contributed by atoms with Crippen molar-refractivity contribution in [1.82, 2.24) is 20.2 Å². The fourth-order valence-electron chi connectivity index (χ4n) is 3.98. The Morgan fingerprint density at radius 3 is 2.89 bits per heavy atom. The number of carbonyl (C=O) groups is 1. The molecule has 2 aromatic heterocycles. The predicted molar refractivity (Wildman–Crippen MR) is 112 cm³/mol. The van der Waals surface area contributed by atoms with Crippen LogP contribution in [-0.2, 0) is 0 Å². The number of likely N-dealkylation sites (tertiary alicyclic amines) is 1. The highest BCUT2D eigenvalue weighted by Crippen LogP contribution is 2.26. The smallest absolute Gasteiger partial charge is 0.252 e. The van der Waals surface area contributed by atoms with Crippen molar-refractivity contribution in [2.45, 2.75) is 31.7 Å². The first kappa shape index (κ1) is 18.6. The van der Waals surface area contributed by atoms with Gasteiger partial charge in [-0.2, -0.15) is 0 Å². The number of benzene rings is 1. The standard InChI is InChI=1S/C23H26N4O/c1-27-15-3-2-6-18(27)12-14-25-23(28)17-10-11-22(26-16-17)19-7-4-9-21-20(19)8-5-13-24-21/h4-5,7-11,13,16,18H,2-3,6,12,14-15H2,1H3,(H,25,28)/t18-/m1/s1. The van der Waals surface area contributed by atoms with E-state index in [2.05, 4.69) is 27.2 Å². The van der Waals surface area contributed by atoms with Crippen LogP contribution in [0.5, 0.6) is 0 Å². The summed E-state index contributed by atoms with van der Waals surface area (Å²) in [6.07, 6.45) is 8.24. The molecule has 1 atom stereocenters. The molecular formula is C23H26N4O. The first-order valence-electron chi connectivity index (χ1n) is 10.0. The molecule has 4 rings (SSSR count). The van der Waals surface area contributed by atoms with E-state index >= 15 is 0 Å². The third-order valence-corrected chi connectivity index (χ3v) is 5.63. The van der Waals surface area contributed by atoms with E-state index in [4.69, 9.17) is 0 Å². The number of amides is 1. The van der Waals surface area contributed by atoms with Gasteiger partial charge in [0, 0.05) is 35.9 Å². The number of nitrogens with one attached hydrogen (secondary N) is 1. The first-order valence-corrected chi connectivity index (χ1v) is 10.0. The number of piperidine rings is 1. The summed E-state index contributed by atoms with van der Waals surface area (Å²) in [6.45, 7) is 1.86. The summed E-state index contributed by atoms with van der Waals surface area (Å²) in [5.74, 6) is -0.0582. The van der Waals surface area contributed by atoms with Gasteiger partial charge in [0.1, 0.15) is 0 Å². The Hall–Kier alpha value is -2.79. The van der Waals surface area contributed by atoms with Crippen molar-refractivity contribution in [3.05, 3.63) is 60.4 Å². The molecule has 1 N–H and O–H groups in total. The summed E-state index contributed by atoms with van der Waals surface area (Å²) in [7, 11) is 2.18. The molecule has 5 nitrogen and oxygen atoms in total. The van der Waals surface area contributed by atoms with Gasteiger partial charge in [0.2, 0.25) is 0 Å². The Morgan fingerprint density at radius 2 is 2.07 bits per heavy atom. The number of aromatic nitrogens is 2. The van der Waals surface area contributed by atoms with Crippen molar-refractivity contribution >= 4 is 16.8 Å². The van der Waals surface area contributed by atoms with Gasteiger partial charge < -0.3 is 10.2 Å². The van der Waals surface area contributed by atoms with Crippen LogP contribution in [0.15, 0.2) is 54.9 Å². The van der Waals surface area contributed by atoms with Gasteiger partial charge >= 0.3 is 0 Å². The van der Waals surface area contributed by atoms with Crippen LogP contribution in [0, 0.1) is 0 Å². The number of hydrogen-bond acceptors (Lipinski definition) is 4. The maximum absolute atomic E-state index is 12.5. The van der Waals surface area contributed by atoms with E-state index in [1.54, 1.807) is 12.4 Å². The zero-order valence-electron chi connectivity index (χ0n) is 16.3. The molecule has 0 unspecified atom stereocenters. The third kappa shape index (κ3) is 4.04. The maximum atomic E-state index is 12.5. The van der Waals surface area contributed by atoms with Gasteiger partial charge in [-0.1, -0.05) is 24.6 Å². The van der Waals surface area contributed by atoms with Gasteiger partial charge in [-0.15, -0.1) is 0 Å². The average molecular weight is 374 g/mol. The quantitative estimate of drug-likeness (QED) is 0.736. The summed E-state index contributed by atoms with van der Waals surface area (Å²) in [5.41, 5.74) is 3.41. The van der Waals surface area contributed by atoms with Crippen LogP contribution < -0.4 is 5.32 Å². The Bertz CT molecular complexity index is 949. The highest BCUT2D eigenvalue weighted by Gasteiger charge is 2.18. The summed E-state index contributed by atoms with van der Waals surface area (Å²) in [6, 6.07) is 14.3. The van der Waals surface area contributed by atoms with E-state index in [-0.39, 0.29) is 5.91 Å². The van der Waals surface area contributed by atoms with Crippen molar-refractivity contribution in [1.29, 1.82) is 0 Å². The van der Waals surface area contributed by atoms with E-state index < -0.39 is 0 Å². The molecule has 1 amide bonds. The highest BCUT2D eigenvalue weighted by atomic mass is 16.1. The zero-order valence-corrected chi connectivity index (χ0v) is 16.3. The highest BCUT2D eigenvalue weighted by molar-refractivity contribution is 5.96. The van der Waals surface area contributed by atoms with Gasteiger partial charge in [0.25, 0.3) is 5.91 Å². The molecule has 0 aliphatic carbocycles. The third-order valence-electron chi connectivity index (χ3n) is 5.63. The molecule has 1 aliphatic rings. The van der Waals surface area contributed by atoms with Crippen LogP contribution >= 0.6 is 0 Å². The van der Waals surface area contributed by atoms with E-state index in [1.165, 1.54) is 19.3 Å². The molecule has 28 heavy (non-hydrogen) atoms. The number of hydrogen-bond donors (Lipinski definition) is 1. The predicted octanol–water partition coefficient (Wildman–Crippen LogP) is 3.90. The molecule has 5 heteroatoms. The second-order valence-electron chi connectivity index (χ2n) is 7.48. The number of carbonyl (C=O) groups excluding carboxylic acids is 1. The lowest BCUT2D eigenvalue weighted by molar-refractivity contribution is 0.0945. The first-order chi connectivity index (χ1) is 13.7. The molecule has 1 saturated heterocycles. The molecular weight excluding hydrogens is 348 g/mol. The number of fused-ring (bicyclic) bond motifs is 1. The summed E-state index contributed by atoms with van der Waals surface area (Å²) in [5, 5.41) is 4.10. The summed E-state index contributed by atoms with van der Waals surface area (Å²) >= 11 is 0. The zero-order chi connectivity index (χ0) is 19.3. The molecule has 3 heterocycles. The summed E-state index contributed by atoms with van der Waals surface area (Å²) < 4.78 is 0. The second kappa shape index (κ2) is 8.48. The molecule has 0 saturated carbocycles. The van der Waals surface area contributed by atoms with Crippen LogP contribution in [0.4, 0.5) is 0 Å². The fourth-order valence-corrected chi connectivity index (χ4v) is 3.98. The van der Waals surface area contributed by atoms with Crippen molar-refractivity contribution in [2.75, 3.05) is 20.1 Å². The van der Waals surface area contributed by atoms with Gasteiger partial charge in [0.05, 0.1) is 16.8 Å². The van der Waals surface area contributed by atoms with Crippen LogP contribution in [-0.4, -0.2) is 47.0 Å². The lowest BCUT2D eigenvalue weighted by Crippen LogP contribution is -2.39. The molecule has 3 aromatic rings. The van der Waals surface area contributed by atoms with Crippen molar-refractivity contribution in [3.8, 4) is 11.3 Å². The Balaban J connectivity index is 1.40. The van der Waals surface area contributed by atoms with Crippen LogP contribution in [0.1, 0.15) is 36.0 Å². The molecule has 0 bridgehead atoms. The Morgan fingerprint density at radius 1 is 1.14 bits per heavy atom. The normalized spacial score (nSPS) is 17.5. The Kier molecular flexibility index (Phi) is 5.63. The fraction of sp³-hybridized carbons (Fsp3) is 0.348. The van der Waals surface area contributed by atoms with E-state index in [1.807, 2.05) is 42.5 Å². The van der Waals surface area contributed by atoms with Crippen LogP contribution in [0.2, 0.25) is 0 Å². The maximum Gasteiger partial charge on any atom is 0.252 e. The van der Waals surface area contributed by atoms with E-state index in [0.29, 0.717) is 18.2 Å². The van der Waals surface area contributed by atoms with Gasteiger partial charge in [-0.05, 0) is 57.1 Å². The van der Waals surface area contributed by atoms with Crippen LogP contribution in [0.3, 0.4) is 0 Å². The molecule has 1 aromatic carbocycles. The van der Waals surface area contributed by atoms with E-state index in [0.717, 1.165) is 35.1 Å². The second-order valence-corrected chi connectivity index (χ2v) is 7.48. The van der Waals surface area contributed by atoms with Gasteiger partial charge in [-0.25, -0.2) is 0 Å². The number of nitrogens with zero attached hydrogens (tertiary/aromatic N) is 3. The molecule has 1 fully saturated rings. The minimum absolute atomic E-state index is 0.0582. The molecule has 144 valence electrons. The molecule has 1 aliphatic heterocycles. The monoisotopic (exact) mass is 374 g/mol. The number of rotatable bonds is 5. The van der Waals surface area contributed by atoms with Crippen molar-refractivity contribution in [2.24, 2.45) is 0 Å². The van der Waals surface area contributed by atoms with Crippen molar-refractivity contribution in [3.63, 3.8) is 0 Å². The summed E-state index contributed by atoms with van der Waals surface area (Å²) in [4.78, 5) is 23.8. The largest absolute Gasteiger partial charge is 0.352 e. The van der Waals surface area contributed by atoms with Gasteiger partial charge in [-0.3, -0.25) is 14.8 Å². The topological polar surface area (TPSA) is 58.1 Å². The van der Waals surface area contributed by atoms with Gasteiger partial charge in [0.15, 0.2) is 0 Å². The lowest BCUT2D eigenvalue weighted by atomic mass is 10.0.